The minimum atomic E-state index is 0.655. The van der Waals surface area contributed by atoms with Crippen LogP contribution in [0.5, 0.6) is 0 Å². The predicted molar refractivity (Wildman–Crippen MR) is 192 cm³/mol. The molecule has 9 aromatic rings. The zero-order chi connectivity index (χ0) is 30.5. The molecule has 8 aromatic carbocycles. The average Bonchev–Trinajstić information content (AvgIpc) is 3.13. The van der Waals surface area contributed by atoms with Gasteiger partial charge in [0.1, 0.15) is 0 Å². The van der Waals surface area contributed by atoms with Gasteiger partial charge in [0.25, 0.3) is 0 Å². The minimum Gasteiger partial charge on any atom is -0.208 e. The maximum Gasteiger partial charge on any atom is 0.164 e. The molecule has 0 radical (unpaired) electrons. The molecule has 0 fully saturated rings. The Morgan fingerprint density at radius 3 is 1.54 bits per heavy atom. The molecule has 1 heterocycles. The van der Waals surface area contributed by atoms with E-state index in [1.54, 1.807) is 0 Å². The molecule has 0 atom stereocenters. The molecule has 0 saturated heterocycles. The third-order valence-corrected chi connectivity index (χ3v) is 8.88. The second kappa shape index (κ2) is 10.8. The molecular formula is C43H27N3. The highest BCUT2D eigenvalue weighted by atomic mass is 15.0. The Labute approximate surface area is 266 Å². The smallest absolute Gasteiger partial charge is 0.164 e. The van der Waals surface area contributed by atoms with E-state index in [1.165, 1.54) is 32.7 Å². The summed E-state index contributed by atoms with van der Waals surface area (Å²) in [5, 5.41) is 9.41. The molecule has 0 N–H and O–H groups in total. The maximum atomic E-state index is 5.18. The minimum absolute atomic E-state index is 0.655. The van der Waals surface area contributed by atoms with Gasteiger partial charge in [-0.1, -0.05) is 146 Å². The normalized spacial score (nSPS) is 11.5. The van der Waals surface area contributed by atoms with Crippen LogP contribution < -0.4 is 0 Å². The lowest BCUT2D eigenvalue weighted by Crippen LogP contribution is -2.01. The summed E-state index contributed by atoms with van der Waals surface area (Å²) < 4.78 is 0. The van der Waals surface area contributed by atoms with Crippen molar-refractivity contribution < 1.29 is 0 Å². The zero-order valence-corrected chi connectivity index (χ0v) is 24.9. The van der Waals surface area contributed by atoms with E-state index >= 15 is 0 Å². The first kappa shape index (κ1) is 26.2. The number of nitrogens with zero attached hydrogens (tertiary/aromatic N) is 3. The van der Waals surface area contributed by atoms with Crippen LogP contribution in [0.2, 0.25) is 0 Å². The van der Waals surface area contributed by atoms with Gasteiger partial charge in [-0.2, -0.15) is 0 Å². The van der Waals surface area contributed by atoms with Crippen molar-refractivity contribution in [2.24, 2.45) is 0 Å². The number of hydrogen-bond acceptors (Lipinski definition) is 3. The summed E-state index contributed by atoms with van der Waals surface area (Å²) in [5.74, 6) is 1.97. The molecule has 9 rings (SSSR count). The lowest BCUT2D eigenvalue weighted by atomic mass is 9.95. The Bertz CT molecular complexity index is 2580. The van der Waals surface area contributed by atoms with Crippen molar-refractivity contribution in [1.82, 2.24) is 15.0 Å². The first-order valence-corrected chi connectivity index (χ1v) is 15.5. The summed E-state index contributed by atoms with van der Waals surface area (Å²) >= 11 is 0. The van der Waals surface area contributed by atoms with Crippen molar-refractivity contribution in [3.63, 3.8) is 0 Å². The molecule has 0 bridgehead atoms. The quantitative estimate of drug-likeness (QED) is 0.193. The van der Waals surface area contributed by atoms with E-state index in [0.29, 0.717) is 17.5 Å². The van der Waals surface area contributed by atoms with Gasteiger partial charge in [-0.05, 0) is 72.4 Å². The van der Waals surface area contributed by atoms with Crippen molar-refractivity contribution in [3.8, 4) is 45.3 Å². The highest BCUT2D eigenvalue weighted by Gasteiger charge is 2.16. The predicted octanol–water partition coefficient (Wildman–Crippen LogP) is 11.2. The van der Waals surface area contributed by atoms with E-state index in [1.807, 2.05) is 18.2 Å². The molecule has 0 amide bonds. The van der Waals surface area contributed by atoms with Crippen LogP contribution in [0.15, 0.2) is 164 Å². The van der Waals surface area contributed by atoms with E-state index in [9.17, 15) is 0 Å². The first-order chi connectivity index (χ1) is 22.8. The Morgan fingerprint density at radius 2 is 0.783 bits per heavy atom. The SMILES string of the molecule is c1ccc(-c2nc(-c3cccc4cc(-c5cccc6ccccc56)ccc34)nc(-c3cccc4cc5ccccc5cc34)n2)cc1. The van der Waals surface area contributed by atoms with Gasteiger partial charge in [0.05, 0.1) is 0 Å². The molecule has 46 heavy (non-hydrogen) atoms. The van der Waals surface area contributed by atoms with E-state index in [-0.39, 0.29) is 0 Å². The van der Waals surface area contributed by atoms with Crippen LogP contribution in [0.4, 0.5) is 0 Å². The summed E-state index contributed by atoms with van der Waals surface area (Å²) in [4.78, 5) is 15.3. The third kappa shape index (κ3) is 4.49. The van der Waals surface area contributed by atoms with Gasteiger partial charge >= 0.3 is 0 Å². The monoisotopic (exact) mass is 585 g/mol. The van der Waals surface area contributed by atoms with Gasteiger partial charge in [0.15, 0.2) is 17.5 Å². The summed E-state index contributed by atoms with van der Waals surface area (Å²) in [7, 11) is 0. The van der Waals surface area contributed by atoms with Gasteiger partial charge in [0, 0.05) is 16.7 Å². The fourth-order valence-corrected chi connectivity index (χ4v) is 6.62. The fraction of sp³-hybridized carbons (Fsp3) is 0. The topological polar surface area (TPSA) is 38.7 Å². The largest absolute Gasteiger partial charge is 0.208 e. The standard InChI is InChI=1S/C43H27N3/c1-2-12-29(13-3-1)41-44-42(46-43(45-41)39-22-10-18-33-25-30-14-4-5-15-31(30)27-40(33)39)38-21-9-17-32-26-34(23-24-37(32)38)36-20-8-16-28-11-6-7-19-35(28)36/h1-27H. The molecule has 214 valence electrons. The van der Waals surface area contributed by atoms with Crippen molar-refractivity contribution in [1.29, 1.82) is 0 Å². The van der Waals surface area contributed by atoms with Crippen LogP contribution >= 0.6 is 0 Å². The average molecular weight is 586 g/mol. The van der Waals surface area contributed by atoms with E-state index < -0.39 is 0 Å². The zero-order valence-electron chi connectivity index (χ0n) is 24.9. The Balaban J connectivity index is 1.25. The molecule has 0 unspecified atom stereocenters. The molecule has 0 spiro atoms. The molecule has 1 aromatic heterocycles. The van der Waals surface area contributed by atoms with Crippen molar-refractivity contribution >= 4 is 43.1 Å². The lowest BCUT2D eigenvalue weighted by molar-refractivity contribution is 1.08. The number of aromatic nitrogens is 3. The van der Waals surface area contributed by atoms with Crippen molar-refractivity contribution in [2.45, 2.75) is 0 Å². The van der Waals surface area contributed by atoms with Crippen LogP contribution in [0.1, 0.15) is 0 Å². The van der Waals surface area contributed by atoms with Gasteiger partial charge < -0.3 is 0 Å². The molecule has 0 aliphatic rings. The highest BCUT2D eigenvalue weighted by molar-refractivity contribution is 6.05. The summed E-state index contributed by atoms with van der Waals surface area (Å²) in [6.07, 6.45) is 0. The van der Waals surface area contributed by atoms with Crippen molar-refractivity contribution in [3.05, 3.63) is 164 Å². The molecule has 3 heteroatoms. The number of fused-ring (bicyclic) bond motifs is 4. The van der Waals surface area contributed by atoms with Crippen LogP contribution in [-0.2, 0) is 0 Å². The van der Waals surface area contributed by atoms with E-state index in [4.69, 9.17) is 15.0 Å². The molecule has 0 aliphatic heterocycles. The number of rotatable bonds is 4. The second-order valence-electron chi connectivity index (χ2n) is 11.7. The summed E-state index contributed by atoms with van der Waals surface area (Å²) in [6.45, 7) is 0. The highest BCUT2D eigenvalue weighted by Crippen LogP contribution is 2.36. The van der Waals surface area contributed by atoms with Crippen LogP contribution in [0.25, 0.3) is 88.4 Å². The van der Waals surface area contributed by atoms with Gasteiger partial charge in [-0.15, -0.1) is 0 Å². The van der Waals surface area contributed by atoms with Crippen molar-refractivity contribution in [2.75, 3.05) is 0 Å². The lowest BCUT2D eigenvalue weighted by Gasteiger charge is -2.13. The maximum absolute atomic E-state index is 5.18. The number of hydrogen-bond donors (Lipinski definition) is 0. The molecular weight excluding hydrogens is 558 g/mol. The van der Waals surface area contributed by atoms with E-state index in [2.05, 4.69) is 146 Å². The summed E-state index contributed by atoms with van der Waals surface area (Å²) in [6, 6.07) is 57.6. The molecule has 0 saturated carbocycles. The Morgan fingerprint density at radius 1 is 0.261 bits per heavy atom. The fourth-order valence-electron chi connectivity index (χ4n) is 6.62. The Hall–Kier alpha value is -6.19. The van der Waals surface area contributed by atoms with Gasteiger partial charge in [-0.3, -0.25) is 0 Å². The third-order valence-electron chi connectivity index (χ3n) is 8.88. The van der Waals surface area contributed by atoms with Gasteiger partial charge in [0.2, 0.25) is 0 Å². The molecule has 0 aliphatic carbocycles. The second-order valence-corrected chi connectivity index (χ2v) is 11.7. The first-order valence-electron chi connectivity index (χ1n) is 15.5. The Kier molecular flexibility index (Phi) is 6.14. The van der Waals surface area contributed by atoms with Crippen LogP contribution in [0, 0.1) is 0 Å². The molecule has 3 nitrogen and oxygen atoms in total. The number of benzene rings is 8. The summed E-state index contributed by atoms with van der Waals surface area (Å²) in [5.41, 5.74) is 5.33. The van der Waals surface area contributed by atoms with E-state index in [0.717, 1.165) is 38.2 Å². The van der Waals surface area contributed by atoms with Crippen LogP contribution in [0.3, 0.4) is 0 Å². The van der Waals surface area contributed by atoms with Crippen LogP contribution in [-0.4, -0.2) is 15.0 Å². The van der Waals surface area contributed by atoms with Gasteiger partial charge in [-0.25, -0.2) is 15.0 Å².